The zero-order valence-corrected chi connectivity index (χ0v) is 18.8. The van der Waals surface area contributed by atoms with E-state index >= 15 is 0 Å². The maximum atomic E-state index is 13.1. The molecule has 1 heterocycles. The molecule has 2 amide bonds. The van der Waals surface area contributed by atoms with E-state index < -0.39 is 15.9 Å². The van der Waals surface area contributed by atoms with E-state index in [0.29, 0.717) is 22.8 Å². The van der Waals surface area contributed by atoms with Crippen LogP contribution in [0.5, 0.6) is 5.75 Å². The fourth-order valence-corrected chi connectivity index (χ4v) is 4.75. The van der Waals surface area contributed by atoms with Crippen LogP contribution in [0.2, 0.25) is 0 Å². The van der Waals surface area contributed by atoms with Gasteiger partial charge in [-0.2, -0.15) is 0 Å². The normalized spacial score (nSPS) is 13.5. The molecule has 1 N–H and O–H groups in total. The molecule has 33 heavy (non-hydrogen) atoms. The zero-order valence-electron chi connectivity index (χ0n) is 18.0. The molecule has 0 aliphatic carbocycles. The predicted molar refractivity (Wildman–Crippen MR) is 126 cm³/mol. The van der Waals surface area contributed by atoms with E-state index in [2.05, 4.69) is 5.32 Å². The molecular formula is C24H23N3O5S. The van der Waals surface area contributed by atoms with Gasteiger partial charge in [-0.05, 0) is 42.5 Å². The second kappa shape index (κ2) is 9.33. The lowest BCUT2D eigenvalue weighted by Gasteiger charge is -2.22. The first-order chi connectivity index (χ1) is 15.9. The van der Waals surface area contributed by atoms with Gasteiger partial charge in [-0.1, -0.05) is 36.4 Å². The summed E-state index contributed by atoms with van der Waals surface area (Å²) in [4.78, 5) is 26.7. The van der Waals surface area contributed by atoms with Crippen molar-refractivity contribution in [1.29, 1.82) is 0 Å². The van der Waals surface area contributed by atoms with Crippen LogP contribution in [0.3, 0.4) is 0 Å². The average molecular weight is 466 g/mol. The first-order valence-electron chi connectivity index (χ1n) is 10.3. The number of benzene rings is 3. The molecule has 3 aromatic rings. The van der Waals surface area contributed by atoms with E-state index in [9.17, 15) is 18.0 Å². The molecule has 1 aliphatic heterocycles. The summed E-state index contributed by atoms with van der Waals surface area (Å²) in [7, 11) is -2.36. The largest absolute Gasteiger partial charge is 0.491 e. The van der Waals surface area contributed by atoms with E-state index in [1.807, 2.05) is 0 Å². The van der Waals surface area contributed by atoms with Crippen molar-refractivity contribution < 1.29 is 22.7 Å². The van der Waals surface area contributed by atoms with E-state index in [1.54, 1.807) is 66.7 Å². The molecule has 0 bridgehead atoms. The number of amides is 2. The number of nitrogens with zero attached hydrogens (tertiary/aromatic N) is 2. The molecule has 0 atom stereocenters. The number of carbonyl (C=O) groups excluding carboxylic acids is 2. The lowest BCUT2D eigenvalue weighted by molar-refractivity contribution is -0.121. The van der Waals surface area contributed by atoms with E-state index in [1.165, 1.54) is 28.4 Å². The van der Waals surface area contributed by atoms with Crippen LogP contribution in [0, 0.1) is 0 Å². The smallest absolute Gasteiger partial charge is 0.264 e. The van der Waals surface area contributed by atoms with Crippen molar-refractivity contribution in [2.45, 2.75) is 11.3 Å². The van der Waals surface area contributed by atoms with Gasteiger partial charge >= 0.3 is 0 Å². The number of carbonyl (C=O) groups is 2. The fourth-order valence-electron chi connectivity index (χ4n) is 3.51. The van der Waals surface area contributed by atoms with Gasteiger partial charge in [0.05, 0.1) is 29.3 Å². The second-order valence-corrected chi connectivity index (χ2v) is 9.40. The third-order valence-electron chi connectivity index (χ3n) is 5.23. The SMILES string of the molecule is CN(c1ccccc1)S(=O)(=O)c1cccc(NC(=O)CN2C(=O)CCOc3ccccc32)c1. The van der Waals surface area contributed by atoms with Crippen LogP contribution in [0.25, 0.3) is 0 Å². The van der Waals surface area contributed by atoms with E-state index in [-0.39, 0.29) is 30.4 Å². The maximum Gasteiger partial charge on any atom is 0.264 e. The van der Waals surface area contributed by atoms with Crippen molar-refractivity contribution in [2.24, 2.45) is 0 Å². The Hall–Kier alpha value is -3.85. The molecule has 1 aliphatic rings. The first-order valence-corrected chi connectivity index (χ1v) is 11.8. The average Bonchev–Trinajstić information content (AvgIpc) is 2.98. The second-order valence-electron chi connectivity index (χ2n) is 7.43. The van der Waals surface area contributed by atoms with Crippen LogP contribution in [-0.2, 0) is 19.6 Å². The van der Waals surface area contributed by atoms with Gasteiger partial charge in [0.2, 0.25) is 11.8 Å². The van der Waals surface area contributed by atoms with Gasteiger partial charge in [0.25, 0.3) is 10.0 Å². The van der Waals surface area contributed by atoms with Crippen molar-refractivity contribution >= 4 is 38.9 Å². The molecule has 0 fully saturated rings. The summed E-state index contributed by atoms with van der Waals surface area (Å²) < 4.78 is 32.9. The Balaban J connectivity index is 1.52. The van der Waals surface area contributed by atoms with Crippen molar-refractivity contribution in [3.63, 3.8) is 0 Å². The standard InChI is InChI=1S/C24H23N3O5S/c1-26(19-9-3-2-4-10-19)33(30,31)20-11-7-8-18(16-20)25-23(28)17-27-21-12-5-6-13-22(21)32-15-14-24(27)29/h2-13,16H,14-15,17H2,1H3,(H,25,28). The number of hydrogen-bond acceptors (Lipinski definition) is 5. The quantitative estimate of drug-likeness (QED) is 0.603. The van der Waals surface area contributed by atoms with Crippen molar-refractivity contribution in [3.8, 4) is 5.75 Å². The van der Waals surface area contributed by atoms with Gasteiger partial charge in [0.1, 0.15) is 12.3 Å². The molecule has 0 aromatic heterocycles. The minimum absolute atomic E-state index is 0.0382. The monoisotopic (exact) mass is 465 g/mol. The summed E-state index contributed by atoms with van der Waals surface area (Å²) in [6, 6.07) is 21.8. The third kappa shape index (κ3) is 4.83. The molecular weight excluding hydrogens is 442 g/mol. The molecule has 0 saturated carbocycles. The Morgan fingerprint density at radius 3 is 2.55 bits per heavy atom. The molecule has 0 saturated heterocycles. The molecule has 3 aromatic carbocycles. The van der Waals surface area contributed by atoms with Crippen molar-refractivity contribution in [1.82, 2.24) is 0 Å². The lowest BCUT2D eigenvalue weighted by atomic mass is 10.2. The van der Waals surface area contributed by atoms with Crippen molar-refractivity contribution in [2.75, 3.05) is 34.7 Å². The van der Waals surface area contributed by atoms with Crippen molar-refractivity contribution in [3.05, 3.63) is 78.9 Å². The highest BCUT2D eigenvalue weighted by Gasteiger charge is 2.26. The molecule has 0 radical (unpaired) electrons. The lowest BCUT2D eigenvalue weighted by Crippen LogP contribution is -2.37. The number of hydrogen-bond donors (Lipinski definition) is 1. The Labute approximate surface area is 192 Å². The number of nitrogens with one attached hydrogen (secondary N) is 1. The third-order valence-corrected chi connectivity index (χ3v) is 7.01. The summed E-state index contributed by atoms with van der Waals surface area (Å²) in [6.45, 7) is 0.0168. The molecule has 4 rings (SSSR count). The number of fused-ring (bicyclic) bond motifs is 1. The molecule has 8 nitrogen and oxygen atoms in total. The fraction of sp³-hybridized carbons (Fsp3) is 0.167. The predicted octanol–water partition coefficient (Wildman–Crippen LogP) is 3.27. The molecule has 170 valence electrons. The Bertz CT molecular complexity index is 1280. The van der Waals surface area contributed by atoms with Gasteiger partial charge in [0, 0.05) is 12.7 Å². The Morgan fingerprint density at radius 2 is 1.76 bits per heavy atom. The minimum atomic E-state index is -3.83. The summed E-state index contributed by atoms with van der Waals surface area (Å²) >= 11 is 0. The van der Waals surface area contributed by atoms with E-state index in [0.717, 1.165) is 0 Å². The summed E-state index contributed by atoms with van der Waals surface area (Å²) in [5.74, 6) is -0.143. The molecule has 0 unspecified atom stereocenters. The number of rotatable bonds is 6. The van der Waals surface area contributed by atoms with Gasteiger partial charge in [-0.25, -0.2) is 8.42 Å². The van der Waals surface area contributed by atoms with Gasteiger partial charge in [-0.15, -0.1) is 0 Å². The molecule has 9 heteroatoms. The Kier molecular flexibility index (Phi) is 6.32. The zero-order chi connectivity index (χ0) is 23.4. The van der Waals surface area contributed by atoms with Gasteiger partial charge < -0.3 is 10.1 Å². The minimum Gasteiger partial charge on any atom is -0.491 e. The number of ether oxygens (including phenoxy) is 1. The van der Waals surface area contributed by atoms with Crippen LogP contribution in [-0.4, -0.2) is 40.4 Å². The highest BCUT2D eigenvalue weighted by Crippen LogP contribution is 2.31. The molecule has 0 spiro atoms. The highest BCUT2D eigenvalue weighted by atomic mass is 32.2. The first kappa shape index (κ1) is 22.3. The summed E-state index contributed by atoms with van der Waals surface area (Å²) in [6.07, 6.45) is 0.154. The maximum absolute atomic E-state index is 13.1. The summed E-state index contributed by atoms with van der Waals surface area (Å²) in [5, 5.41) is 2.70. The Morgan fingerprint density at radius 1 is 1.03 bits per heavy atom. The number of anilines is 3. The highest BCUT2D eigenvalue weighted by molar-refractivity contribution is 7.92. The number of sulfonamides is 1. The van der Waals surface area contributed by atoms with Gasteiger partial charge in [-0.3, -0.25) is 18.8 Å². The van der Waals surface area contributed by atoms with Crippen LogP contribution >= 0.6 is 0 Å². The number of para-hydroxylation sites is 3. The summed E-state index contributed by atoms with van der Waals surface area (Å²) in [5.41, 5.74) is 1.36. The van der Waals surface area contributed by atoms with Crippen LogP contribution in [0.1, 0.15) is 6.42 Å². The van der Waals surface area contributed by atoms with Crippen LogP contribution < -0.4 is 19.3 Å². The van der Waals surface area contributed by atoms with Gasteiger partial charge in [0.15, 0.2) is 0 Å². The van der Waals surface area contributed by atoms with E-state index in [4.69, 9.17) is 4.74 Å². The topological polar surface area (TPSA) is 96.0 Å². The van der Waals surface area contributed by atoms with Crippen LogP contribution in [0.15, 0.2) is 83.8 Å². The van der Waals surface area contributed by atoms with Crippen LogP contribution in [0.4, 0.5) is 17.1 Å².